The molecule has 0 bridgehead atoms. The average Bonchev–Trinajstić information content (AvgIpc) is 2.15. The first-order chi connectivity index (χ1) is 6.52. The summed E-state index contributed by atoms with van der Waals surface area (Å²) in [6.07, 6.45) is 5.35. The van der Waals surface area contributed by atoms with Crippen molar-refractivity contribution in [2.75, 3.05) is 0 Å². The molecular formula is C12H19NO. The summed E-state index contributed by atoms with van der Waals surface area (Å²) in [4.78, 5) is 11.2. The number of hydrogen-bond acceptors (Lipinski definition) is 2. The number of Topliss-reactive ketones (excluding diaryl/α,β-unsaturated/α-hetero) is 1. The third-order valence-corrected chi connectivity index (χ3v) is 1.96. The molecule has 0 saturated carbocycles. The first-order valence-corrected chi connectivity index (χ1v) is 5.00. The Bertz CT molecular complexity index is 285. The zero-order chi connectivity index (χ0) is 11.1. The van der Waals surface area contributed by atoms with Crippen LogP contribution in [-0.2, 0) is 4.79 Å². The molecule has 0 spiro atoms. The molecule has 1 N–H and O–H groups in total. The van der Waals surface area contributed by atoms with Gasteiger partial charge in [-0.3, -0.25) is 10.2 Å². The minimum absolute atomic E-state index is 0.0944. The fourth-order valence-corrected chi connectivity index (χ4v) is 1.19. The van der Waals surface area contributed by atoms with E-state index in [2.05, 4.69) is 13.0 Å². The molecule has 0 unspecified atom stereocenters. The van der Waals surface area contributed by atoms with Gasteiger partial charge in [-0.05, 0) is 25.8 Å². The second kappa shape index (κ2) is 6.30. The lowest BCUT2D eigenvalue weighted by Gasteiger charge is -2.01. The van der Waals surface area contributed by atoms with E-state index in [1.807, 2.05) is 19.9 Å². The van der Waals surface area contributed by atoms with Crippen LogP contribution in [-0.4, -0.2) is 11.5 Å². The van der Waals surface area contributed by atoms with Crippen LogP contribution in [0, 0.1) is 5.41 Å². The van der Waals surface area contributed by atoms with E-state index in [-0.39, 0.29) is 11.5 Å². The summed E-state index contributed by atoms with van der Waals surface area (Å²) in [6, 6.07) is 0. The summed E-state index contributed by atoms with van der Waals surface area (Å²) in [5.74, 6) is -0.0944. The molecule has 0 radical (unpaired) electrons. The van der Waals surface area contributed by atoms with Crippen molar-refractivity contribution >= 4 is 11.5 Å². The smallest absolute Gasteiger partial charge is 0.180 e. The van der Waals surface area contributed by atoms with Crippen molar-refractivity contribution in [2.45, 2.75) is 40.5 Å². The number of nitrogens with one attached hydrogen (secondary N) is 1. The molecular weight excluding hydrogens is 174 g/mol. The highest BCUT2D eigenvalue weighted by Crippen LogP contribution is 2.05. The van der Waals surface area contributed by atoms with E-state index in [0.29, 0.717) is 6.42 Å². The predicted octanol–water partition coefficient (Wildman–Crippen LogP) is 3.29. The van der Waals surface area contributed by atoms with E-state index in [1.165, 1.54) is 0 Å². The highest BCUT2D eigenvalue weighted by Gasteiger charge is 2.07. The van der Waals surface area contributed by atoms with Gasteiger partial charge in [-0.25, -0.2) is 0 Å². The SMILES string of the molecule is CC/C=C(C)/C=C(/C)C(=N)C(=O)CC. The molecule has 0 aromatic rings. The molecule has 2 nitrogen and oxygen atoms in total. The Morgan fingerprint density at radius 2 is 1.86 bits per heavy atom. The third kappa shape index (κ3) is 4.17. The van der Waals surface area contributed by atoms with E-state index < -0.39 is 0 Å². The normalized spacial score (nSPS) is 12.9. The van der Waals surface area contributed by atoms with Gasteiger partial charge in [-0.15, -0.1) is 0 Å². The maximum absolute atomic E-state index is 11.2. The maximum Gasteiger partial charge on any atom is 0.180 e. The van der Waals surface area contributed by atoms with Crippen LogP contribution in [0.5, 0.6) is 0 Å². The molecule has 0 fully saturated rings. The molecule has 0 aromatic carbocycles. The van der Waals surface area contributed by atoms with Gasteiger partial charge in [-0.2, -0.15) is 0 Å². The monoisotopic (exact) mass is 193 g/mol. The second-order valence-electron chi connectivity index (χ2n) is 3.34. The van der Waals surface area contributed by atoms with Crippen molar-refractivity contribution < 1.29 is 4.79 Å². The highest BCUT2D eigenvalue weighted by molar-refractivity contribution is 6.44. The van der Waals surface area contributed by atoms with Crippen LogP contribution in [0.3, 0.4) is 0 Å². The zero-order valence-corrected chi connectivity index (χ0v) is 9.48. The van der Waals surface area contributed by atoms with E-state index in [9.17, 15) is 4.79 Å². The van der Waals surface area contributed by atoms with Crippen molar-refractivity contribution in [1.82, 2.24) is 0 Å². The molecule has 0 saturated heterocycles. The predicted molar refractivity (Wildman–Crippen MR) is 60.8 cm³/mol. The quantitative estimate of drug-likeness (QED) is 0.528. The Kier molecular flexibility index (Phi) is 5.77. The number of carbonyl (C=O) groups is 1. The first kappa shape index (κ1) is 12.8. The fourth-order valence-electron chi connectivity index (χ4n) is 1.19. The summed E-state index contributed by atoms with van der Waals surface area (Å²) in [6.45, 7) is 7.63. The van der Waals surface area contributed by atoms with Crippen molar-refractivity contribution in [2.24, 2.45) is 0 Å². The number of ketones is 1. The molecule has 0 aromatic heterocycles. The Hall–Kier alpha value is -1.18. The highest BCUT2D eigenvalue weighted by atomic mass is 16.1. The second-order valence-corrected chi connectivity index (χ2v) is 3.34. The maximum atomic E-state index is 11.2. The molecule has 0 amide bonds. The third-order valence-electron chi connectivity index (χ3n) is 1.96. The van der Waals surface area contributed by atoms with Gasteiger partial charge < -0.3 is 0 Å². The van der Waals surface area contributed by atoms with Gasteiger partial charge >= 0.3 is 0 Å². The topological polar surface area (TPSA) is 40.9 Å². The van der Waals surface area contributed by atoms with Crippen LogP contribution >= 0.6 is 0 Å². The number of hydrogen-bond donors (Lipinski definition) is 1. The lowest BCUT2D eigenvalue weighted by Crippen LogP contribution is -2.12. The van der Waals surface area contributed by atoms with Crippen LogP contribution in [0.1, 0.15) is 40.5 Å². The molecule has 2 heteroatoms. The fraction of sp³-hybridized carbons (Fsp3) is 0.500. The van der Waals surface area contributed by atoms with Gasteiger partial charge in [-0.1, -0.05) is 31.6 Å². The number of allylic oxidation sites excluding steroid dienone is 4. The van der Waals surface area contributed by atoms with Gasteiger partial charge in [0.05, 0.1) is 5.71 Å². The summed E-state index contributed by atoms with van der Waals surface area (Å²) in [5, 5.41) is 7.58. The minimum Gasteiger partial charge on any atom is -0.297 e. The molecule has 78 valence electrons. The minimum atomic E-state index is -0.0944. The van der Waals surface area contributed by atoms with E-state index >= 15 is 0 Å². The molecule has 0 heterocycles. The largest absolute Gasteiger partial charge is 0.297 e. The van der Waals surface area contributed by atoms with E-state index in [4.69, 9.17) is 5.41 Å². The van der Waals surface area contributed by atoms with Crippen LogP contribution in [0.4, 0.5) is 0 Å². The Morgan fingerprint density at radius 1 is 1.29 bits per heavy atom. The van der Waals surface area contributed by atoms with Crippen LogP contribution < -0.4 is 0 Å². The Balaban J connectivity index is 4.61. The van der Waals surface area contributed by atoms with E-state index in [0.717, 1.165) is 17.6 Å². The van der Waals surface area contributed by atoms with Crippen LogP contribution in [0.2, 0.25) is 0 Å². The van der Waals surface area contributed by atoms with Gasteiger partial charge in [0.15, 0.2) is 5.78 Å². The van der Waals surface area contributed by atoms with Crippen molar-refractivity contribution in [3.8, 4) is 0 Å². The Labute approximate surface area is 86.2 Å². The Morgan fingerprint density at radius 3 is 2.29 bits per heavy atom. The van der Waals surface area contributed by atoms with Gasteiger partial charge in [0.25, 0.3) is 0 Å². The molecule has 0 aliphatic rings. The standard InChI is InChI=1S/C12H19NO/c1-5-7-9(3)8-10(4)12(13)11(14)6-2/h7-8,13H,5-6H2,1-4H3/b9-7+,10-8-,13-12?. The summed E-state index contributed by atoms with van der Waals surface area (Å²) < 4.78 is 0. The van der Waals surface area contributed by atoms with Crippen molar-refractivity contribution in [1.29, 1.82) is 5.41 Å². The average molecular weight is 193 g/mol. The molecule has 0 rings (SSSR count). The molecule has 0 aliphatic heterocycles. The molecule has 0 aliphatic carbocycles. The van der Waals surface area contributed by atoms with Gasteiger partial charge in [0.1, 0.15) is 0 Å². The van der Waals surface area contributed by atoms with Crippen molar-refractivity contribution in [3.63, 3.8) is 0 Å². The molecule has 0 atom stereocenters. The van der Waals surface area contributed by atoms with Gasteiger partial charge in [0.2, 0.25) is 0 Å². The summed E-state index contributed by atoms with van der Waals surface area (Å²) in [5.41, 5.74) is 1.99. The molecule has 14 heavy (non-hydrogen) atoms. The van der Waals surface area contributed by atoms with E-state index in [1.54, 1.807) is 6.92 Å². The number of carbonyl (C=O) groups excluding carboxylic acids is 1. The number of rotatable bonds is 5. The lowest BCUT2D eigenvalue weighted by molar-refractivity contribution is -0.112. The summed E-state index contributed by atoms with van der Waals surface area (Å²) in [7, 11) is 0. The zero-order valence-electron chi connectivity index (χ0n) is 9.48. The first-order valence-electron chi connectivity index (χ1n) is 5.00. The van der Waals surface area contributed by atoms with Gasteiger partial charge in [0, 0.05) is 6.42 Å². The summed E-state index contributed by atoms with van der Waals surface area (Å²) >= 11 is 0. The van der Waals surface area contributed by atoms with Crippen LogP contribution in [0.25, 0.3) is 0 Å². The van der Waals surface area contributed by atoms with Crippen molar-refractivity contribution in [3.05, 3.63) is 23.3 Å². The van der Waals surface area contributed by atoms with Crippen LogP contribution in [0.15, 0.2) is 23.3 Å². The lowest BCUT2D eigenvalue weighted by atomic mass is 10.0.